The topological polar surface area (TPSA) is 58.2 Å². The van der Waals surface area contributed by atoms with Gasteiger partial charge in [0.25, 0.3) is 0 Å². The van der Waals surface area contributed by atoms with Gasteiger partial charge in [-0.25, -0.2) is 0 Å². The molecule has 4 heteroatoms. The summed E-state index contributed by atoms with van der Waals surface area (Å²) in [4.78, 5) is 23.9. The van der Waals surface area contributed by atoms with Crippen molar-refractivity contribution in [3.63, 3.8) is 0 Å². The van der Waals surface area contributed by atoms with Crippen molar-refractivity contribution in [2.45, 2.75) is 47.1 Å². The van der Waals surface area contributed by atoms with E-state index in [1.165, 1.54) is 0 Å². The maximum Gasteiger partial charge on any atom is 0.242 e. The van der Waals surface area contributed by atoms with Crippen LogP contribution in [0, 0.1) is 23.2 Å². The van der Waals surface area contributed by atoms with Gasteiger partial charge in [-0.15, -0.1) is 0 Å². The van der Waals surface area contributed by atoms with E-state index in [9.17, 15) is 9.59 Å². The molecule has 0 aromatic rings. The van der Waals surface area contributed by atoms with E-state index in [1.807, 2.05) is 20.8 Å². The lowest BCUT2D eigenvalue weighted by atomic mass is 9.86. The second-order valence-corrected chi connectivity index (χ2v) is 6.67. The van der Waals surface area contributed by atoms with Crippen molar-refractivity contribution < 1.29 is 9.59 Å². The SMILES string of the molecule is CNC(=O)C(NC(=O)C1CC1C(C)C)C(C)(C)C. The van der Waals surface area contributed by atoms with Crippen LogP contribution >= 0.6 is 0 Å². The second kappa shape index (κ2) is 5.29. The number of carbonyl (C=O) groups is 2. The first kappa shape index (κ1) is 15.0. The number of nitrogens with one attached hydrogen (secondary N) is 2. The van der Waals surface area contributed by atoms with Crippen molar-refractivity contribution in [2.75, 3.05) is 7.05 Å². The minimum absolute atomic E-state index is 0.0252. The number of hydrogen-bond donors (Lipinski definition) is 2. The summed E-state index contributed by atoms with van der Waals surface area (Å²) in [5.41, 5.74) is -0.280. The summed E-state index contributed by atoms with van der Waals surface area (Å²) < 4.78 is 0. The molecule has 1 aliphatic rings. The molecule has 2 amide bonds. The van der Waals surface area contributed by atoms with E-state index in [0.717, 1.165) is 6.42 Å². The van der Waals surface area contributed by atoms with Crippen LogP contribution in [0.4, 0.5) is 0 Å². The van der Waals surface area contributed by atoms with Crippen LogP contribution in [0.5, 0.6) is 0 Å². The van der Waals surface area contributed by atoms with Gasteiger partial charge in [-0.2, -0.15) is 0 Å². The minimum Gasteiger partial charge on any atom is -0.357 e. The molecule has 0 saturated heterocycles. The fourth-order valence-corrected chi connectivity index (χ4v) is 2.32. The van der Waals surface area contributed by atoms with Crippen LogP contribution in [0.15, 0.2) is 0 Å². The van der Waals surface area contributed by atoms with E-state index >= 15 is 0 Å². The molecule has 1 aliphatic carbocycles. The average molecular weight is 254 g/mol. The Morgan fingerprint density at radius 1 is 1.22 bits per heavy atom. The molecular weight excluding hydrogens is 228 g/mol. The van der Waals surface area contributed by atoms with Crippen LogP contribution in [0.2, 0.25) is 0 Å². The zero-order chi connectivity index (χ0) is 14.1. The molecule has 104 valence electrons. The predicted molar refractivity (Wildman–Crippen MR) is 71.9 cm³/mol. The number of rotatable bonds is 4. The first-order chi connectivity index (χ1) is 8.18. The van der Waals surface area contributed by atoms with Crippen molar-refractivity contribution in [3.05, 3.63) is 0 Å². The molecule has 3 unspecified atom stereocenters. The minimum atomic E-state index is -0.469. The zero-order valence-corrected chi connectivity index (χ0v) is 12.3. The molecule has 2 N–H and O–H groups in total. The van der Waals surface area contributed by atoms with Crippen LogP contribution in [0.25, 0.3) is 0 Å². The molecule has 0 heterocycles. The fourth-order valence-electron chi connectivity index (χ4n) is 2.32. The predicted octanol–water partition coefficient (Wildman–Crippen LogP) is 1.56. The van der Waals surface area contributed by atoms with Gasteiger partial charge in [0.2, 0.25) is 11.8 Å². The molecule has 0 aromatic carbocycles. The highest BCUT2D eigenvalue weighted by atomic mass is 16.2. The van der Waals surface area contributed by atoms with Crippen LogP contribution in [0.3, 0.4) is 0 Å². The van der Waals surface area contributed by atoms with Crippen molar-refractivity contribution >= 4 is 11.8 Å². The Morgan fingerprint density at radius 3 is 2.11 bits per heavy atom. The Labute approximate surface area is 110 Å². The molecule has 0 radical (unpaired) electrons. The molecule has 0 bridgehead atoms. The normalized spacial score (nSPS) is 24.6. The number of likely N-dealkylation sites (N-methyl/N-ethyl adjacent to an activating group) is 1. The molecule has 3 atom stereocenters. The quantitative estimate of drug-likeness (QED) is 0.800. The highest BCUT2D eigenvalue weighted by Gasteiger charge is 2.46. The van der Waals surface area contributed by atoms with Crippen molar-refractivity contribution in [1.29, 1.82) is 0 Å². The van der Waals surface area contributed by atoms with Gasteiger partial charge in [0, 0.05) is 13.0 Å². The van der Waals surface area contributed by atoms with Crippen molar-refractivity contribution in [3.8, 4) is 0 Å². The molecule has 1 rings (SSSR count). The van der Waals surface area contributed by atoms with Crippen LogP contribution in [0.1, 0.15) is 41.0 Å². The largest absolute Gasteiger partial charge is 0.357 e. The van der Waals surface area contributed by atoms with Crippen molar-refractivity contribution in [1.82, 2.24) is 10.6 Å². The zero-order valence-electron chi connectivity index (χ0n) is 12.3. The van der Waals surface area contributed by atoms with E-state index in [-0.39, 0.29) is 23.1 Å². The Bertz CT molecular complexity index is 331. The summed E-state index contributed by atoms with van der Waals surface area (Å²) in [6.45, 7) is 10.1. The Kier molecular flexibility index (Phi) is 4.41. The first-order valence-corrected chi connectivity index (χ1v) is 6.70. The van der Waals surface area contributed by atoms with Crippen LogP contribution in [-0.4, -0.2) is 24.9 Å². The lowest BCUT2D eigenvalue weighted by Gasteiger charge is -2.30. The summed E-state index contributed by atoms with van der Waals surface area (Å²) in [7, 11) is 1.60. The molecule has 4 nitrogen and oxygen atoms in total. The van der Waals surface area contributed by atoms with E-state index in [2.05, 4.69) is 24.5 Å². The fraction of sp³-hybridized carbons (Fsp3) is 0.857. The molecular formula is C14H26N2O2. The molecule has 18 heavy (non-hydrogen) atoms. The van der Waals surface area contributed by atoms with Gasteiger partial charge < -0.3 is 10.6 Å². The van der Waals surface area contributed by atoms with Gasteiger partial charge in [0.05, 0.1) is 0 Å². The lowest BCUT2D eigenvalue weighted by molar-refractivity contribution is -0.132. The third-order valence-corrected chi connectivity index (χ3v) is 3.69. The van der Waals surface area contributed by atoms with Gasteiger partial charge in [-0.05, 0) is 23.7 Å². The summed E-state index contributed by atoms with van der Waals surface area (Å²) in [6, 6.07) is -0.469. The number of amides is 2. The summed E-state index contributed by atoms with van der Waals surface area (Å²) >= 11 is 0. The van der Waals surface area contributed by atoms with Crippen LogP contribution < -0.4 is 10.6 Å². The Hall–Kier alpha value is -1.06. The number of carbonyl (C=O) groups excluding carboxylic acids is 2. The lowest BCUT2D eigenvalue weighted by Crippen LogP contribution is -2.53. The Morgan fingerprint density at radius 2 is 1.78 bits per heavy atom. The third kappa shape index (κ3) is 3.47. The Balaban J connectivity index is 2.63. The third-order valence-electron chi connectivity index (χ3n) is 3.69. The van der Waals surface area contributed by atoms with Gasteiger partial charge in [-0.3, -0.25) is 9.59 Å². The number of hydrogen-bond acceptors (Lipinski definition) is 2. The highest BCUT2D eigenvalue weighted by Crippen LogP contribution is 2.44. The van der Waals surface area contributed by atoms with Crippen LogP contribution in [-0.2, 0) is 9.59 Å². The van der Waals surface area contributed by atoms with Gasteiger partial charge in [0.15, 0.2) is 0 Å². The molecule has 1 fully saturated rings. The first-order valence-electron chi connectivity index (χ1n) is 6.70. The van der Waals surface area contributed by atoms with Crippen molar-refractivity contribution in [2.24, 2.45) is 23.2 Å². The molecule has 0 aliphatic heterocycles. The molecule has 0 spiro atoms. The van der Waals surface area contributed by atoms with E-state index in [0.29, 0.717) is 11.8 Å². The average Bonchev–Trinajstić information content (AvgIpc) is 3.02. The van der Waals surface area contributed by atoms with E-state index in [4.69, 9.17) is 0 Å². The smallest absolute Gasteiger partial charge is 0.242 e. The van der Waals surface area contributed by atoms with E-state index < -0.39 is 6.04 Å². The van der Waals surface area contributed by atoms with E-state index in [1.54, 1.807) is 7.05 Å². The highest BCUT2D eigenvalue weighted by molar-refractivity contribution is 5.90. The van der Waals surface area contributed by atoms with Gasteiger partial charge in [-0.1, -0.05) is 34.6 Å². The monoisotopic (exact) mass is 254 g/mol. The van der Waals surface area contributed by atoms with Gasteiger partial charge >= 0.3 is 0 Å². The maximum atomic E-state index is 12.1. The second-order valence-electron chi connectivity index (χ2n) is 6.67. The summed E-state index contributed by atoms with van der Waals surface area (Å²) in [5.74, 6) is 1.01. The van der Waals surface area contributed by atoms with Gasteiger partial charge in [0.1, 0.15) is 6.04 Å². The summed E-state index contributed by atoms with van der Waals surface area (Å²) in [5, 5.41) is 5.52. The molecule has 0 aromatic heterocycles. The summed E-state index contributed by atoms with van der Waals surface area (Å²) in [6.07, 6.45) is 0.952. The maximum absolute atomic E-state index is 12.1. The molecule has 1 saturated carbocycles. The standard InChI is InChI=1S/C14H26N2O2/c1-8(2)9-7-10(9)12(17)16-11(13(18)15-6)14(3,4)5/h8-11H,7H2,1-6H3,(H,15,18)(H,16,17).